The Bertz CT molecular complexity index is 258. The Labute approximate surface area is 116 Å². The largest absolute Gasteiger partial charge is 0.352 e. The number of nitrogens with one attached hydrogen (secondary N) is 1. The maximum atomic E-state index is 12.2. The molecule has 1 amide bonds. The molecule has 0 aliphatic heterocycles. The number of hydrogen-bond donors (Lipinski definition) is 2. The van der Waals surface area contributed by atoms with Crippen LogP contribution in [0.1, 0.15) is 46.0 Å². The fourth-order valence-electron chi connectivity index (χ4n) is 2.72. The second-order valence-corrected chi connectivity index (χ2v) is 6.81. The van der Waals surface area contributed by atoms with Crippen molar-refractivity contribution in [1.82, 2.24) is 5.32 Å². The minimum absolute atomic E-state index is 0.0190. The van der Waals surface area contributed by atoms with E-state index in [1.807, 2.05) is 11.8 Å². The SMILES string of the molecule is CSC1CCCCC1NC(=O)C(CN)CC(C)C. The van der Waals surface area contributed by atoms with Crippen molar-refractivity contribution >= 4 is 17.7 Å². The van der Waals surface area contributed by atoms with Gasteiger partial charge in [-0.15, -0.1) is 0 Å². The predicted octanol–water partition coefficient (Wildman–Crippen LogP) is 2.40. The van der Waals surface area contributed by atoms with Gasteiger partial charge in [0.1, 0.15) is 0 Å². The van der Waals surface area contributed by atoms with Gasteiger partial charge in [-0.05, 0) is 31.4 Å². The lowest BCUT2D eigenvalue weighted by atomic mass is 9.92. The Morgan fingerprint density at radius 3 is 2.61 bits per heavy atom. The summed E-state index contributed by atoms with van der Waals surface area (Å²) in [6.07, 6.45) is 7.91. The molecule has 1 aliphatic rings. The zero-order valence-corrected chi connectivity index (χ0v) is 12.8. The molecule has 106 valence electrons. The first kappa shape index (κ1) is 15.8. The van der Waals surface area contributed by atoms with Gasteiger partial charge in [0.2, 0.25) is 5.91 Å². The van der Waals surface area contributed by atoms with E-state index < -0.39 is 0 Å². The van der Waals surface area contributed by atoms with Gasteiger partial charge in [-0.1, -0.05) is 26.7 Å². The van der Waals surface area contributed by atoms with Crippen LogP contribution >= 0.6 is 11.8 Å². The molecule has 0 heterocycles. The normalized spacial score (nSPS) is 26.1. The summed E-state index contributed by atoms with van der Waals surface area (Å²) in [5, 5.41) is 3.82. The molecular formula is C14H28N2OS. The summed E-state index contributed by atoms with van der Waals surface area (Å²) in [5.41, 5.74) is 5.73. The molecule has 0 radical (unpaired) electrons. The van der Waals surface area contributed by atoms with Crippen molar-refractivity contribution in [3.8, 4) is 0 Å². The Balaban J connectivity index is 2.50. The fourth-order valence-corrected chi connectivity index (χ4v) is 3.66. The van der Waals surface area contributed by atoms with Crippen LogP contribution in [0.3, 0.4) is 0 Å². The summed E-state index contributed by atoms with van der Waals surface area (Å²) in [5.74, 6) is 0.665. The molecule has 0 saturated heterocycles. The van der Waals surface area contributed by atoms with Crippen LogP contribution in [0.15, 0.2) is 0 Å². The van der Waals surface area contributed by atoms with Crippen molar-refractivity contribution in [2.45, 2.75) is 57.2 Å². The Morgan fingerprint density at radius 1 is 1.39 bits per heavy atom. The molecule has 1 rings (SSSR count). The third-order valence-electron chi connectivity index (χ3n) is 3.74. The van der Waals surface area contributed by atoms with Gasteiger partial charge in [-0.2, -0.15) is 11.8 Å². The molecule has 18 heavy (non-hydrogen) atoms. The van der Waals surface area contributed by atoms with Crippen LogP contribution in [0.2, 0.25) is 0 Å². The van der Waals surface area contributed by atoms with Crippen LogP contribution in [0.4, 0.5) is 0 Å². The van der Waals surface area contributed by atoms with Crippen molar-refractivity contribution in [2.75, 3.05) is 12.8 Å². The Hall–Kier alpha value is -0.220. The summed E-state index contributed by atoms with van der Waals surface area (Å²) in [6.45, 7) is 4.74. The van der Waals surface area contributed by atoms with Gasteiger partial charge in [0.15, 0.2) is 0 Å². The van der Waals surface area contributed by atoms with Crippen LogP contribution in [0.5, 0.6) is 0 Å². The number of amides is 1. The van der Waals surface area contributed by atoms with Crippen molar-refractivity contribution in [1.29, 1.82) is 0 Å². The van der Waals surface area contributed by atoms with Gasteiger partial charge < -0.3 is 11.1 Å². The standard InChI is InChI=1S/C14H28N2OS/c1-10(2)8-11(9-15)14(17)16-12-6-4-5-7-13(12)18-3/h10-13H,4-9,15H2,1-3H3,(H,16,17). The monoisotopic (exact) mass is 272 g/mol. The van der Waals surface area contributed by atoms with Crippen LogP contribution < -0.4 is 11.1 Å². The van der Waals surface area contributed by atoms with Gasteiger partial charge in [0.05, 0.1) is 5.92 Å². The molecule has 1 fully saturated rings. The fraction of sp³-hybridized carbons (Fsp3) is 0.929. The van der Waals surface area contributed by atoms with Gasteiger partial charge in [0.25, 0.3) is 0 Å². The van der Waals surface area contributed by atoms with Gasteiger partial charge in [-0.3, -0.25) is 4.79 Å². The first-order chi connectivity index (χ1) is 8.58. The van der Waals surface area contributed by atoms with Crippen LogP contribution in [-0.4, -0.2) is 30.0 Å². The molecule has 3 atom stereocenters. The second-order valence-electron chi connectivity index (χ2n) is 5.74. The summed E-state index contributed by atoms with van der Waals surface area (Å²) < 4.78 is 0. The van der Waals surface area contributed by atoms with Gasteiger partial charge in [-0.25, -0.2) is 0 Å². The summed E-state index contributed by atoms with van der Waals surface area (Å²) in [4.78, 5) is 12.2. The minimum Gasteiger partial charge on any atom is -0.352 e. The van der Waals surface area contributed by atoms with Gasteiger partial charge >= 0.3 is 0 Å². The maximum Gasteiger partial charge on any atom is 0.224 e. The van der Waals surface area contributed by atoms with Crippen LogP contribution in [-0.2, 0) is 4.79 Å². The summed E-state index contributed by atoms with van der Waals surface area (Å²) in [6, 6.07) is 0.350. The molecule has 3 nitrogen and oxygen atoms in total. The van der Waals surface area contributed by atoms with E-state index in [4.69, 9.17) is 5.73 Å². The summed E-state index contributed by atoms with van der Waals surface area (Å²) in [7, 11) is 0. The third-order valence-corrected chi connectivity index (χ3v) is 4.91. The highest BCUT2D eigenvalue weighted by Gasteiger charge is 2.28. The van der Waals surface area contributed by atoms with Crippen molar-refractivity contribution in [2.24, 2.45) is 17.6 Å². The number of nitrogens with two attached hydrogens (primary N) is 1. The number of hydrogen-bond acceptors (Lipinski definition) is 3. The lowest BCUT2D eigenvalue weighted by Gasteiger charge is -2.32. The molecule has 0 aromatic carbocycles. The maximum absolute atomic E-state index is 12.2. The van der Waals surface area contributed by atoms with Gasteiger partial charge in [0, 0.05) is 17.8 Å². The van der Waals surface area contributed by atoms with E-state index in [1.165, 1.54) is 19.3 Å². The van der Waals surface area contributed by atoms with Crippen LogP contribution in [0.25, 0.3) is 0 Å². The Morgan fingerprint density at radius 2 is 2.06 bits per heavy atom. The molecule has 0 aromatic heterocycles. The van der Waals surface area contributed by atoms with Crippen molar-refractivity contribution < 1.29 is 4.79 Å². The first-order valence-corrected chi connectivity index (χ1v) is 8.40. The van der Waals surface area contributed by atoms with E-state index in [-0.39, 0.29) is 11.8 Å². The highest BCUT2D eigenvalue weighted by molar-refractivity contribution is 7.99. The Kier molecular flexibility index (Phi) is 7.08. The number of rotatable bonds is 6. The van der Waals surface area contributed by atoms with Crippen molar-refractivity contribution in [3.63, 3.8) is 0 Å². The van der Waals surface area contributed by atoms with Crippen LogP contribution in [0, 0.1) is 11.8 Å². The highest BCUT2D eigenvalue weighted by Crippen LogP contribution is 2.27. The van der Waals surface area contributed by atoms with E-state index in [9.17, 15) is 4.79 Å². The average molecular weight is 272 g/mol. The lowest BCUT2D eigenvalue weighted by Crippen LogP contribution is -2.47. The lowest BCUT2D eigenvalue weighted by molar-refractivity contribution is -0.126. The van der Waals surface area contributed by atoms with E-state index in [0.717, 1.165) is 12.8 Å². The minimum atomic E-state index is -0.0190. The third kappa shape index (κ3) is 4.81. The second kappa shape index (κ2) is 8.05. The van der Waals surface area contributed by atoms with E-state index in [2.05, 4.69) is 25.4 Å². The molecule has 4 heteroatoms. The smallest absolute Gasteiger partial charge is 0.224 e. The van der Waals surface area contributed by atoms with Crippen molar-refractivity contribution in [3.05, 3.63) is 0 Å². The number of carbonyl (C=O) groups excluding carboxylic acids is 1. The van der Waals surface area contributed by atoms with E-state index in [1.54, 1.807) is 0 Å². The predicted molar refractivity (Wildman–Crippen MR) is 79.7 cm³/mol. The quantitative estimate of drug-likeness (QED) is 0.780. The number of thioether (sulfide) groups is 1. The zero-order valence-electron chi connectivity index (χ0n) is 11.9. The highest BCUT2D eigenvalue weighted by atomic mass is 32.2. The molecular weight excluding hydrogens is 244 g/mol. The molecule has 0 bridgehead atoms. The molecule has 0 spiro atoms. The molecule has 1 saturated carbocycles. The molecule has 1 aliphatic carbocycles. The average Bonchev–Trinajstić information content (AvgIpc) is 2.36. The summed E-state index contributed by atoms with van der Waals surface area (Å²) >= 11 is 1.88. The topological polar surface area (TPSA) is 55.1 Å². The first-order valence-electron chi connectivity index (χ1n) is 7.11. The molecule has 3 unspecified atom stereocenters. The number of carbonyl (C=O) groups is 1. The molecule has 0 aromatic rings. The zero-order chi connectivity index (χ0) is 13.5. The molecule has 3 N–H and O–H groups in total. The van der Waals surface area contributed by atoms with E-state index in [0.29, 0.717) is 23.8 Å². The van der Waals surface area contributed by atoms with E-state index >= 15 is 0 Å².